The number of thiophene rings is 1. The number of ether oxygens (including phenoxy) is 1. The molecule has 12 heteroatoms. The lowest BCUT2D eigenvalue weighted by Crippen LogP contribution is -2.14. The average Bonchev–Trinajstić information content (AvgIpc) is 3.53. The molecule has 4 aromatic heterocycles. The van der Waals surface area contributed by atoms with Gasteiger partial charge in [-0.1, -0.05) is 29.2 Å². The molecule has 0 unspecified atom stereocenters. The summed E-state index contributed by atoms with van der Waals surface area (Å²) in [6, 6.07) is 7.79. The number of carbonyl (C=O) groups is 2. The number of hydrogen-bond acceptors (Lipinski definition) is 11. The van der Waals surface area contributed by atoms with Crippen LogP contribution in [0.5, 0.6) is 0 Å². The lowest BCUT2D eigenvalue weighted by molar-refractivity contribution is -0.113. The molecule has 0 aliphatic rings. The Balaban J connectivity index is 1.35. The fourth-order valence-electron chi connectivity index (χ4n) is 2.79. The van der Waals surface area contributed by atoms with E-state index in [0.29, 0.717) is 20.7 Å². The average molecular weight is 518 g/mol. The van der Waals surface area contributed by atoms with Crippen molar-refractivity contribution in [2.24, 2.45) is 0 Å². The number of amides is 1. The van der Waals surface area contributed by atoms with E-state index in [-0.39, 0.29) is 18.3 Å². The molecular weight excluding hydrogens is 499 g/mol. The highest BCUT2D eigenvalue weighted by atomic mass is 32.2. The Morgan fingerprint density at radius 2 is 1.94 bits per heavy atom. The molecule has 0 atom stereocenters. The van der Waals surface area contributed by atoms with Crippen LogP contribution < -0.4 is 5.32 Å². The maximum Gasteiger partial charge on any atom is 0.350 e. The second kappa shape index (κ2) is 10.5. The third-order valence-corrected chi connectivity index (χ3v) is 8.45. The van der Waals surface area contributed by atoms with E-state index in [1.807, 2.05) is 36.6 Å². The monoisotopic (exact) mass is 517 g/mol. The van der Waals surface area contributed by atoms with Gasteiger partial charge in [0.1, 0.15) is 20.6 Å². The van der Waals surface area contributed by atoms with E-state index in [9.17, 15) is 9.59 Å². The van der Waals surface area contributed by atoms with Crippen molar-refractivity contribution >= 4 is 62.8 Å². The molecular formula is C21H19N5O3S4. The number of rotatable bonds is 8. The molecule has 0 fully saturated rings. The van der Waals surface area contributed by atoms with Crippen LogP contribution in [-0.4, -0.2) is 44.4 Å². The Labute approximate surface area is 206 Å². The molecule has 0 aromatic carbocycles. The fourth-order valence-corrected chi connectivity index (χ4v) is 6.11. The molecule has 0 aliphatic heterocycles. The number of esters is 1. The van der Waals surface area contributed by atoms with Crippen molar-refractivity contribution < 1.29 is 14.3 Å². The summed E-state index contributed by atoms with van der Waals surface area (Å²) in [7, 11) is 0. The number of aryl methyl sites for hydroxylation is 2. The van der Waals surface area contributed by atoms with E-state index >= 15 is 0 Å². The van der Waals surface area contributed by atoms with Gasteiger partial charge in [-0.05, 0) is 44.4 Å². The van der Waals surface area contributed by atoms with Crippen LogP contribution in [0.3, 0.4) is 0 Å². The first kappa shape index (κ1) is 23.5. The molecule has 0 bridgehead atoms. The third kappa shape index (κ3) is 5.64. The number of hydrogen-bond donors (Lipinski definition) is 1. The SMILES string of the molecule is CCOC(=O)c1sc(NC(=O)CSc2ccc(-c3sc(-c4cccs4)nc3C)nn2)nc1C. The van der Waals surface area contributed by atoms with Crippen LogP contribution in [0.25, 0.3) is 20.5 Å². The number of carbonyl (C=O) groups excluding carboxylic acids is 2. The molecule has 0 spiro atoms. The van der Waals surface area contributed by atoms with Crippen molar-refractivity contribution in [1.29, 1.82) is 0 Å². The zero-order valence-corrected chi connectivity index (χ0v) is 21.2. The molecule has 4 aromatic rings. The summed E-state index contributed by atoms with van der Waals surface area (Å²) in [6.45, 7) is 5.70. The molecule has 1 amide bonds. The van der Waals surface area contributed by atoms with Gasteiger partial charge in [0.15, 0.2) is 5.13 Å². The van der Waals surface area contributed by atoms with E-state index < -0.39 is 5.97 Å². The number of nitrogens with zero attached hydrogens (tertiary/aromatic N) is 4. The van der Waals surface area contributed by atoms with E-state index in [1.54, 1.807) is 36.5 Å². The first-order valence-electron chi connectivity index (χ1n) is 9.87. The Morgan fingerprint density at radius 1 is 1.09 bits per heavy atom. The number of nitrogens with one attached hydrogen (secondary N) is 1. The van der Waals surface area contributed by atoms with E-state index in [0.717, 1.165) is 37.5 Å². The van der Waals surface area contributed by atoms with Crippen LogP contribution in [0.15, 0.2) is 34.7 Å². The Morgan fingerprint density at radius 3 is 2.64 bits per heavy atom. The maximum absolute atomic E-state index is 12.3. The van der Waals surface area contributed by atoms with Gasteiger partial charge >= 0.3 is 5.97 Å². The minimum absolute atomic E-state index is 0.142. The molecule has 0 radical (unpaired) electrons. The highest BCUT2D eigenvalue weighted by Crippen LogP contribution is 2.36. The molecule has 0 saturated carbocycles. The largest absolute Gasteiger partial charge is 0.462 e. The molecule has 8 nitrogen and oxygen atoms in total. The Kier molecular flexibility index (Phi) is 7.48. The summed E-state index contributed by atoms with van der Waals surface area (Å²) in [5.74, 6) is -0.533. The number of aromatic nitrogens is 4. The predicted molar refractivity (Wildman–Crippen MR) is 133 cm³/mol. The number of thioether (sulfide) groups is 1. The summed E-state index contributed by atoms with van der Waals surface area (Å²) < 4.78 is 5.00. The first-order valence-corrected chi connectivity index (χ1v) is 13.4. The second-order valence-electron chi connectivity index (χ2n) is 6.66. The summed E-state index contributed by atoms with van der Waals surface area (Å²) in [5.41, 5.74) is 2.20. The molecule has 4 rings (SSSR count). The van der Waals surface area contributed by atoms with Crippen LogP contribution in [-0.2, 0) is 9.53 Å². The standard InChI is InChI=1S/C21H19N5O3S4/c1-4-29-20(28)18-12(3)23-21(33-18)24-15(27)10-31-16-8-7-13(25-26-16)17-11(2)22-19(32-17)14-6-5-9-30-14/h5-9H,4,10H2,1-3H3,(H,23,24,27). The van der Waals surface area contributed by atoms with Crippen molar-refractivity contribution in [3.05, 3.63) is 45.9 Å². The van der Waals surface area contributed by atoms with E-state index in [2.05, 4.69) is 25.5 Å². The molecule has 1 N–H and O–H groups in total. The van der Waals surface area contributed by atoms with Gasteiger partial charge in [0.2, 0.25) is 5.91 Å². The van der Waals surface area contributed by atoms with Crippen LogP contribution >= 0.6 is 45.8 Å². The zero-order chi connectivity index (χ0) is 23.4. The predicted octanol–water partition coefficient (Wildman–Crippen LogP) is 5.31. The summed E-state index contributed by atoms with van der Waals surface area (Å²) in [4.78, 5) is 35.6. The lowest BCUT2D eigenvalue weighted by atomic mass is 10.3. The van der Waals surface area contributed by atoms with Gasteiger partial charge < -0.3 is 10.1 Å². The van der Waals surface area contributed by atoms with Crippen LogP contribution in [0, 0.1) is 13.8 Å². The number of anilines is 1. The van der Waals surface area contributed by atoms with Gasteiger partial charge in [-0.2, -0.15) is 0 Å². The van der Waals surface area contributed by atoms with E-state index in [4.69, 9.17) is 4.74 Å². The topological polar surface area (TPSA) is 107 Å². The van der Waals surface area contributed by atoms with Gasteiger partial charge in [0.25, 0.3) is 0 Å². The minimum atomic E-state index is -0.434. The fraction of sp³-hybridized carbons (Fsp3) is 0.238. The van der Waals surface area contributed by atoms with Crippen molar-refractivity contribution in [2.75, 3.05) is 17.7 Å². The van der Waals surface area contributed by atoms with Gasteiger partial charge in [0.05, 0.1) is 33.5 Å². The van der Waals surface area contributed by atoms with Gasteiger partial charge in [-0.15, -0.1) is 32.9 Å². The van der Waals surface area contributed by atoms with Gasteiger partial charge in [-0.25, -0.2) is 14.8 Å². The highest BCUT2D eigenvalue weighted by molar-refractivity contribution is 7.99. The first-order chi connectivity index (χ1) is 15.9. The minimum Gasteiger partial charge on any atom is -0.462 e. The molecule has 0 aliphatic carbocycles. The lowest BCUT2D eigenvalue weighted by Gasteiger charge is -2.02. The summed E-state index contributed by atoms with van der Waals surface area (Å²) in [5, 5.41) is 15.3. The van der Waals surface area contributed by atoms with Gasteiger partial charge in [-0.3, -0.25) is 4.79 Å². The summed E-state index contributed by atoms with van der Waals surface area (Å²) >= 11 is 5.62. The second-order valence-corrected chi connectivity index (χ2v) is 10.6. The highest BCUT2D eigenvalue weighted by Gasteiger charge is 2.18. The van der Waals surface area contributed by atoms with Crippen molar-refractivity contribution in [1.82, 2.24) is 20.2 Å². The molecule has 33 heavy (non-hydrogen) atoms. The number of thiazole rings is 2. The van der Waals surface area contributed by atoms with Gasteiger partial charge in [0, 0.05) is 0 Å². The molecule has 170 valence electrons. The normalized spacial score (nSPS) is 10.9. The maximum atomic E-state index is 12.3. The Bertz CT molecular complexity index is 1270. The van der Waals surface area contributed by atoms with E-state index in [1.165, 1.54) is 11.8 Å². The smallest absolute Gasteiger partial charge is 0.350 e. The van der Waals surface area contributed by atoms with Crippen LogP contribution in [0.2, 0.25) is 0 Å². The van der Waals surface area contributed by atoms with Crippen molar-refractivity contribution in [2.45, 2.75) is 25.8 Å². The van der Waals surface area contributed by atoms with Crippen LogP contribution in [0.1, 0.15) is 28.0 Å². The third-order valence-electron chi connectivity index (χ3n) is 4.26. The zero-order valence-electron chi connectivity index (χ0n) is 17.9. The van der Waals surface area contributed by atoms with Crippen molar-refractivity contribution in [3.8, 4) is 20.5 Å². The summed E-state index contributed by atoms with van der Waals surface area (Å²) in [6.07, 6.45) is 0. The Hall–Kier alpha value is -2.67. The van der Waals surface area contributed by atoms with Crippen LogP contribution in [0.4, 0.5) is 5.13 Å². The molecule has 0 saturated heterocycles. The molecule has 4 heterocycles. The van der Waals surface area contributed by atoms with Crippen molar-refractivity contribution in [3.63, 3.8) is 0 Å². The quantitative estimate of drug-likeness (QED) is 0.248.